The molecule has 1 saturated heterocycles. The molecule has 1 heterocycles. The summed E-state index contributed by atoms with van der Waals surface area (Å²) in [5.74, 6) is 1.07. The van der Waals surface area contributed by atoms with Crippen molar-refractivity contribution in [2.45, 2.75) is 59.0 Å². The average molecular weight is 395 g/mol. The molecule has 0 bridgehead atoms. The van der Waals surface area contributed by atoms with Crippen LogP contribution in [-0.4, -0.2) is 36.5 Å². The van der Waals surface area contributed by atoms with Gasteiger partial charge in [0.05, 0.1) is 6.61 Å². The zero-order valence-electron chi connectivity index (χ0n) is 18.0. The SMILES string of the molecule is Cc1ccc(C)c(OCCCC(=O)NC2CCN(Cc3ccccc3C)CC2)c1. The van der Waals surface area contributed by atoms with Crippen molar-refractivity contribution in [1.82, 2.24) is 10.2 Å². The van der Waals surface area contributed by atoms with Crippen LogP contribution < -0.4 is 10.1 Å². The van der Waals surface area contributed by atoms with Crippen LogP contribution >= 0.6 is 0 Å². The van der Waals surface area contributed by atoms with E-state index in [4.69, 9.17) is 4.74 Å². The van der Waals surface area contributed by atoms with E-state index in [1.54, 1.807) is 0 Å². The molecular formula is C25H34N2O2. The molecule has 0 atom stereocenters. The van der Waals surface area contributed by atoms with Gasteiger partial charge in [0, 0.05) is 32.1 Å². The Labute approximate surface area is 175 Å². The fourth-order valence-corrected chi connectivity index (χ4v) is 3.84. The lowest BCUT2D eigenvalue weighted by atomic mass is 10.0. The van der Waals surface area contributed by atoms with E-state index < -0.39 is 0 Å². The molecule has 0 unspecified atom stereocenters. The summed E-state index contributed by atoms with van der Waals surface area (Å²) in [4.78, 5) is 14.8. The molecule has 2 aromatic rings. The molecule has 0 aromatic heterocycles. The number of hydrogen-bond donors (Lipinski definition) is 1. The fraction of sp³-hybridized carbons (Fsp3) is 0.480. The first-order valence-electron chi connectivity index (χ1n) is 10.8. The minimum Gasteiger partial charge on any atom is -0.493 e. The number of aryl methyl sites for hydroxylation is 3. The first-order valence-corrected chi connectivity index (χ1v) is 10.8. The first kappa shape index (κ1) is 21.4. The molecule has 1 aliphatic heterocycles. The van der Waals surface area contributed by atoms with Gasteiger partial charge in [-0.15, -0.1) is 0 Å². The standard InChI is InChI=1S/C25H34N2O2/c1-19-10-11-21(3)24(17-19)29-16-6-9-25(28)26-23-12-14-27(15-13-23)18-22-8-5-4-7-20(22)2/h4-5,7-8,10-11,17,23H,6,9,12-16,18H2,1-3H3,(H,26,28). The summed E-state index contributed by atoms with van der Waals surface area (Å²) < 4.78 is 5.85. The Hall–Kier alpha value is -2.33. The quantitative estimate of drug-likeness (QED) is 0.668. The smallest absolute Gasteiger partial charge is 0.220 e. The van der Waals surface area contributed by atoms with Gasteiger partial charge in [0.25, 0.3) is 0 Å². The predicted molar refractivity (Wildman–Crippen MR) is 118 cm³/mol. The van der Waals surface area contributed by atoms with Crippen molar-refractivity contribution in [2.24, 2.45) is 0 Å². The number of carbonyl (C=O) groups is 1. The van der Waals surface area contributed by atoms with Gasteiger partial charge in [0.1, 0.15) is 5.75 Å². The van der Waals surface area contributed by atoms with Crippen LogP contribution in [0, 0.1) is 20.8 Å². The molecule has 0 aliphatic carbocycles. The molecule has 29 heavy (non-hydrogen) atoms. The van der Waals surface area contributed by atoms with Crippen molar-refractivity contribution < 1.29 is 9.53 Å². The summed E-state index contributed by atoms with van der Waals surface area (Å²) in [6.45, 7) is 9.94. The Morgan fingerprint density at radius 1 is 1.07 bits per heavy atom. The molecule has 0 radical (unpaired) electrons. The van der Waals surface area contributed by atoms with E-state index in [0.29, 0.717) is 19.1 Å². The van der Waals surface area contributed by atoms with Gasteiger partial charge in [0.15, 0.2) is 0 Å². The van der Waals surface area contributed by atoms with Crippen molar-refractivity contribution in [1.29, 1.82) is 0 Å². The van der Waals surface area contributed by atoms with Crippen LogP contribution in [0.2, 0.25) is 0 Å². The van der Waals surface area contributed by atoms with Gasteiger partial charge >= 0.3 is 0 Å². The second-order valence-electron chi connectivity index (χ2n) is 8.27. The highest BCUT2D eigenvalue weighted by Gasteiger charge is 2.20. The van der Waals surface area contributed by atoms with E-state index in [1.807, 2.05) is 6.92 Å². The second kappa shape index (κ2) is 10.4. The molecule has 1 amide bonds. The lowest BCUT2D eigenvalue weighted by molar-refractivity contribution is -0.122. The van der Waals surface area contributed by atoms with E-state index in [1.165, 1.54) is 16.7 Å². The molecule has 0 spiro atoms. The average Bonchev–Trinajstić information content (AvgIpc) is 2.71. The fourth-order valence-electron chi connectivity index (χ4n) is 3.84. The summed E-state index contributed by atoms with van der Waals surface area (Å²) in [5, 5.41) is 3.21. The summed E-state index contributed by atoms with van der Waals surface area (Å²) >= 11 is 0. The zero-order valence-corrected chi connectivity index (χ0v) is 18.0. The van der Waals surface area contributed by atoms with E-state index in [-0.39, 0.29) is 5.91 Å². The molecule has 1 fully saturated rings. The number of nitrogens with zero attached hydrogens (tertiary/aromatic N) is 1. The van der Waals surface area contributed by atoms with Gasteiger partial charge in [-0.05, 0) is 68.4 Å². The van der Waals surface area contributed by atoms with Gasteiger partial charge in [-0.1, -0.05) is 36.4 Å². The highest BCUT2D eigenvalue weighted by Crippen LogP contribution is 2.19. The Balaban J connectivity index is 1.32. The first-order chi connectivity index (χ1) is 14.0. The summed E-state index contributed by atoms with van der Waals surface area (Å²) in [6.07, 6.45) is 3.31. The molecule has 156 valence electrons. The van der Waals surface area contributed by atoms with Crippen molar-refractivity contribution in [3.05, 3.63) is 64.7 Å². The van der Waals surface area contributed by atoms with Gasteiger partial charge < -0.3 is 10.1 Å². The lowest BCUT2D eigenvalue weighted by Gasteiger charge is -2.32. The summed E-state index contributed by atoms with van der Waals surface area (Å²) in [6, 6.07) is 15.1. The van der Waals surface area contributed by atoms with Gasteiger partial charge in [-0.2, -0.15) is 0 Å². The van der Waals surface area contributed by atoms with Crippen LogP contribution in [0.4, 0.5) is 0 Å². The van der Waals surface area contributed by atoms with Crippen LogP contribution in [0.5, 0.6) is 5.75 Å². The van der Waals surface area contributed by atoms with Crippen molar-refractivity contribution >= 4 is 5.91 Å². The van der Waals surface area contributed by atoms with Crippen LogP contribution in [0.3, 0.4) is 0 Å². The number of ether oxygens (including phenoxy) is 1. The molecule has 4 heteroatoms. The Kier molecular flexibility index (Phi) is 7.70. The Morgan fingerprint density at radius 3 is 2.59 bits per heavy atom. The molecule has 1 N–H and O–H groups in total. The topological polar surface area (TPSA) is 41.6 Å². The minimum absolute atomic E-state index is 0.145. The van der Waals surface area contributed by atoms with Crippen LogP contribution in [0.1, 0.15) is 47.9 Å². The molecule has 3 rings (SSSR count). The number of carbonyl (C=O) groups excluding carboxylic acids is 1. The molecule has 2 aromatic carbocycles. The van der Waals surface area contributed by atoms with Crippen LogP contribution in [0.15, 0.2) is 42.5 Å². The van der Waals surface area contributed by atoms with Crippen molar-refractivity contribution in [3.8, 4) is 5.75 Å². The molecule has 0 saturated carbocycles. The van der Waals surface area contributed by atoms with E-state index >= 15 is 0 Å². The highest BCUT2D eigenvalue weighted by molar-refractivity contribution is 5.76. The summed E-state index contributed by atoms with van der Waals surface area (Å²) in [7, 11) is 0. The third-order valence-corrected chi connectivity index (χ3v) is 5.76. The number of piperidine rings is 1. The lowest BCUT2D eigenvalue weighted by Crippen LogP contribution is -2.44. The van der Waals surface area contributed by atoms with E-state index in [9.17, 15) is 4.79 Å². The number of likely N-dealkylation sites (tertiary alicyclic amines) is 1. The third kappa shape index (κ3) is 6.60. The van der Waals surface area contributed by atoms with E-state index in [2.05, 4.69) is 66.5 Å². The maximum absolute atomic E-state index is 12.3. The Morgan fingerprint density at radius 2 is 1.83 bits per heavy atom. The third-order valence-electron chi connectivity index (χ3n) is 5.76. The largest absolute Gasteiger partial charge is 0.493 e. The van der Waals surface area contributed by atoms with Gasteiger partial charge in [0.2, 0.25) is 5.91 Å². The normalized spacial score (nSPS) is 15.3. The van der Waals surface area contributed by atoms with Gasteiger partial charge in [-0.3, -0.25) is 9.69 Å². The number of amides is 1. The zero-order chi connectivity index (χ0) is 20.6. The number of hydrogen-bond acceptors (Lipinski definition) is 3. The second-order valence-corrected chi connectivity index (χ2v) is 8.27. The number of benzene rings is 2. The maximum Gasteiger partial charge on any atom is 0.220 e. The van der Waals surface area contributed by atoms with Crippen molar-refractivity contribution in [2.75, 3.05) is 19.7 Å². The maximum atomic E-state index is 12.3. The monoisotopic (exact) mass is 394 g/mol. The molecular weight excluding hydrogens is 360 g/mol. The summed E-state index contributed by atoms with van der Waals surface area (Å²) in [5.41, 5.74) is 5.08. The van der Waals surface area contributed by atoms with Gasteiger partial charge in [-0.25, -0.2) is 0 Å². The van der Waals surface area contributed by atoms with Crippen LogP contribution in [0.25, 0.3) is 0 Å². The predicted octanol–water partition coefficient (Wildman–Crippen LogP) is 4.55. The number of rotatable bonds is 8. The minimum atomic E-state index is 0.145. The Bertz CT molecular complexity index is 810. The number of nitrogens with one attached hydrogen (secondary N) is 1. The van der Waals surface area contributed by atoms with E-state index in [0.717, 1.165) is 50.2 Å². The van der Waals surface area contributed by atoms with Crippen LogP contribution in [-0.2, 0) is 11.3 Å². The highest BCUT2D eigenvalue weighted by atomic mass is 16.5. The van der Waals surface area contributed by atoms with Crippen molar-refractivity contribution in [3.63, 3.8) is 0 Å². The molecule has 1 aliphatic rings. The molecule has 4 nitrogen and oxygen atoms in total.